The van der Waals surface area contributed by atoms with Gasteiger partial charge in [0.25, 0.3) is 0 Å². The minimum Gasteiger partial charge on any atom is -0.383 e. The molecule has 0 unspecified atom stereocenters. The number of rotatable bonds is 5. The van der Waals surface area contributed by atoms with Crippen LogP contribution in [0.25, 0.3) is 0 Å². The highest BCUT2D eigenvalue weighted by Crippen LogP contribution is 2.26. The molecule has 6 heteroatoms. The first kappa shape index (κ1) is 15.4. The lowest BCUT2D eigenvalue weighted by Gasteiger charge is -2.17. The third-order valence-corrected chi connectivity index (χ3v) is 4.20. The first-order valence-electron chi connectivity index (χ1n) is 6.87. The highest BCUT2D eigenvalue weighted by atomic mass is 79.9. The van der Waals surface area contributed by atoms with Crippen LogP contribution in [0.3, 0.4) is 0 Å². The van der Waals surface area contributed by atoms with Crippen LogP contribution in [0.15, 0.2) is 28.7 Å². The average Bonchev–Trinajstić information content (AvgIpc) is 2.79. The second-order valence-corrected chi connectivity index (χ2v) is 5.47. The summed E-state index contributed by atoms with van der Waals surface area (Å²) in [6, 6.07) is 10.1. The van der Waals surface area contributed by atoms with Crippen LogP contribution in [0.1, 0.15) is 25.0 Å². The Bertz CT molecular complexity index is 667. The summed E-state index contributed by atoms with van der Waals surface area (Å²) in [4.78, 5) is 2.03. The number of nitrogen functional groups attached to an aromatic ring is 1. The number of nitrogens with two attached hydrogens (primary N) is 1. The maximum atomic E-state index is 9.35. The fourth-order valence-electron chi connectivity index (χ4n) is 2.22. The topological polar surface area (TPSA) is 70.9 Å². The zero-order valence-electron chi connectivity index (χ0n) is 12.2. The molecule has 21 heavy (non-hydrogen) atoms. The Hall–Kier alpha value is -2.00. The van der Waals surface area contributed by atoms with Gasteiger partial charge in [-0.3, -0.25) is 0 Å². The van der Waals surface area contributed by atoms with Crippen LogP contribution in [-0.4, -0.2) is 22.9 Å². The van der Waals surface area contributed by atoms with Gasteiger partial charge in [0.2, 0.25) is 0 Å². The minimum atomic E-state index is 0.412. The number of nitrogens with zero attached hydrogens (tertiary/aromatic N) is 4. The zero-order valence-corrected chi connectivity index (χ0v) is 13.8. The number of hydrogen-bond acceptors (Lipinski definition) is 4. The summed E-state index contributed by atoms with van der Waals surface area (Å²) < 4.78 is 2.69. The van der Waals surface area contributed by atoms with E-state index in [2.05, 4.69) is 27.1 Å². The molecule has 0 spiro atoms. The lowest BCUT2D eigenvalue weighted by molar-refractivity contribution is 0.685. The van der Waals surface area contributed by atoms with Gasteiger partial charge in [0.05, 0.1) is 6.54 Å². The molecule has 1 aromatic carbocycles. The van der Waals surface area contributed by atoms with Crippen molar-refractivity contribution in [3.63, 3.8) is 0 Å². The smallest absolute Gasteiger partial charge is 0.170 e. The van der Waals surface area contributed by atoms with Gasteiger partial charge < -0.3 is 10.6 Å². The van der Waals surface area contributed by atoms with Crippen LogP contribution in [0, 0.1) is 11.3 Å². The third kappa shape index (κ3) is 3.03. The molecule has 0 bridgehead atoms. The fourth-order valence-corrected chi connectivity index (χ4v) is 2.63. The molecule has 0 radical (unpaired) electrons. The molecule has 0 amide bonds. The Morgan fingerprint density at radius 3 is 2.57 bits per heavy atom. The molecule has 0 fully saturated rings. The van der Waals surface area contributed by atoms with E-state index in [1.54, 1.807) is 4.68 Å². The summed E-state index contributed by atoms with van der Waals surface area (Å²) in [7, 11) is 0. The summed E-state index contributed by atoms with van der Waals surface area (Å²) in [6.07, 6.45) is 0. The van der Waals surface area contributed by atoms with Gasteiger partial charge in [0, 0.05) is 17.6 Å². The predicted molar refractivity (Wildman–Crippen MR) is 88.2 cm³/mol. The average molecular weight is 348 g/mol. The van der Waals surface area contributed by atoms with Crippen molar-refractivity contribution >= 4 is 27.6 Å². The van der Waals surface area contributed by atoms with Crippen molar-refractivity contribution in [1.82, 2.24) is 9.78 Å². The van der Waals surface area contributed by atoms with Crippen LogP contribution in [0.2, 0.25) is 0 Å². The molecule has 110 valence electrons. The number of hydrogen-bond donors (Lipinski definition) is 1. The monoisotopic (exact) mass is 347 g/mol. The van der Waals surface area contributed by atoms with Gasteiger partial charge in [-0.15, -0.1) is 0 Å². The molecule has 1 aromatic heterocycles. The summed E-state index contributed by atoms with van der Waals surface area (Å²) in [5.41, 5.74) is 7.62. The fraction of sp³-hybridized carbons (Fsp3) is 0.333. The summed E-state index contributed by atoms with van der Waals surface area (Å²) in [5, 5.41) is 13.9. The highest BCUT2D eigenvalue weighted by Gasteiger charge is 2.19. The van der Waals surface area contributed by atoms with E-state index in [9.17, 15) is 5.26 Å². The molecule has 0 aliphatic carbocycles. The van der Waals surface area contributed by atoms with Gasteiger partial charge in [-0.2, -0.15) is 10.4 Å². The van der Waals surface area contributed by atoms with Crippen LogP contribution < -0.4 is 10.6 Å². The van der Waals surface area contributed by atoms with E-state index >= 15 is 0 Å². The standard InChI is InChI=1S/C15H18BrN5/c1-3-20(4-2)15-12(9-17)14(18)21(19-15)10-11-7-5-6-8-13(11)16/h5-8H,3-4,10,18H2,1-2H3. The number of halogens is 1. The predicted octanol–water partition coefficient (Wildman–Crippen LogP) is 2.99. The first-order valence-corrected chi connectivity index (χ1v) is 7.66. The second-order valence-electron chi connectivity index (χ2n) is 4.62. The molecule has 2 rings (SSSR count). The SMILES string of the molecule is CCN(CC)c1nn(Cc2ccccc2Br)c(N)c1C#N. The minimum absolute atomic E-state index is 0.412. The van der Waals surface area contributed by atoms with E-state index in [0.717, 1.165) is 23.1 Å². The van der Waals surface area contributed by atoms with Gasteiger partial charge in [-0.1, -0.05) is 34.1 Å². The van der Waals surface area contributed by atoms with Gasteiger partial charge >= 0.3 is 0 Å². The molecule has 5 nitrogen and oxygen atoms in total. The van der Waals surface area contributed by atoms with Crippen molar-refractivity contribution in [2.45, 2.75) is 20.4 Å². The summed E-state index contributed by atoms with van der Waals surface area (Å²) >= 11 is 3.52. The molecule has 0 aliphatic rings. The number of nitriles is 1. The van der Waals surface area contributed by atoms with Crippen LogP contribution in [0.4, 0.5) is 11.6 Å². The van der Waals surface area contributed by atoms with E-state index in [0.29, 0.717) is 23.7 Å². The van der Waals surface area contributed by atoms with Gasteiger partial charge in [-0.25, -0.2) is 4.68 Å². The van der Waals surface area contributed by atoms with Crippen molar-refractivity contribution in [1.29, 1.82) is 5.26 Å². The van der Waals surface area contributed by atoms with Gasteiger partial charge in [-0.05, 0) is 25.5 Å². The Kier molecular flexibility index (Phi) is 4.86. The maximum Gasteiger partial charge on any atom is 0.170 e. The molecular formula is C15H18BrN5. The van der Waals surface area contributed by atoms with Gasteiger partial charge in [0.15, 0.2) is 5.82 Å². The van der Waals surface area contributed by atoms with Crippen molar-refractivity contribution in [2.75, 3.05) is 23.7 Å². The quantitative estimate of drug-likeness (QED) is 0.902. The number of aromatic nitrogens is 2. The Labute approximate surface area is 133 Å². The van der Waals surface area contributed by atoms with Crippen molar-refractivity contribution in [3.8, 4) is 6.07 Å². The molecule has 0 aliphatic heterocycles. The number of benzene rings is 1. The lowest BCUT2D eigenvalue weighted by atomic mass is 10.2. The Morgan fingerprint density at radius 2 is 2.00 bits per heavy atom. The maximum absolute atomic E-state index is 9.35. The van der Waals surface area contributed by atoms with Crippen molar-refractivity contribution in [2.24, 2.45) is 0 Å². The highest BCUT2D eigenvalue weighted by molar-refractivity contribution is 9.10. The van der Waals surface area contributed by atoms with Crippen molar-refractivity contribution in [3.05, 3.63) is 39.9 Å². The van der Waals surface area contributed by atoms with Crippen LogP contribution in [-0.2, 0) is 6.54 Å². The van der Waals surface area contributed by atoms with Crippen LogP contribution >= 0.6 is 15.9 Å². The lowest BCUT2D eigenvalue weighted by Crippen LogP contribution is -2.23. The summed E-state index contributed by atoms with van der Waals surface area (Å²) in [5.74, 6) is 1.07. The summed E-state index contributed by atoms with van der Waals surface area (Å²) in [6.45, 7) is 6.18. The molecule has 2 aromatic rings. The Morgan fingerprint density at radius 1 is 1.33 bits per heavy atom. The van der Waals surface area contributed by atoms with Crippen LogP contribution in [0.5, 0.6) is 0 Å². The van der Waals surface area contributed by atoms with E-state index in [4.69, 9.17) is 5.73 Å². The molecule has 0 saturated heterocycles. The first-order chi connectivity index (χ1) is 10.1. The molecule has 0 atom stereocenters. The molecule has 0 saturated carbocycles. The Balaban J connectivity index is 2.42. The van der Waals surface area contributed by atoms with Crippen molar-refractivity contribution < 1.29 is 0 Å². The molecule has 1 heterocycles. The van der Waals surface area contributed by atoms with E-state index in [1.165, 1.54) is 0 Å². The molecular weight excluding hydrogens is 330 g/mol. The largest absolute Gasteiger partial charge is 0.383 e. The third-order valence-electron chi connectivity index (χ3n) is 3.43. The molecule has 2 N–H and O–H groups in total. The van der Waals surface area contributed by atoms with Gasteiger partial charge in [0.1, 0.15) is 17.5 Å². The van der Waals surface area contributed by atoms with E-state index in [-0.39, 0.29) is 0 Å². The van der Waals surface area contributed by atoms with E-state index in [1.807, 2.05) is 43.0 Å². The zero-order chi connectivity index (χ0) is 15.4. The van der Waals surface area contributed by atoms with E-state index < -0.39 is 0 Å². The second kappa shape index (κ2) is 6.64. The normalized spacial score (nSPS) is 10.4. The number of anilines is 2.